The Morgan fingerprint density at radius 1 is 1.15 bits per heavy atom. The molecule has 6 nitrogen and oxygen atoms in total. The van der Waals surface area contributed by atoms with E-state index in [2.05, 4.69) is 9.71 Å². The fraction of sp³-hybridized carbons (Fsp3) is 0.111. The number of carbonyl (C=O) groups is 1. The van der Waals surface area contributed by atoms with Gasteiger partial charge in [-0.15, -0.1) is 0 Å². The highest BCUT2D eigenvalue weighted by Crippen LogP contribution is 2.24. The number of rotatable bonds is 5. The van der Waals surface area contributed by atoms with Crippen molar-refractivity contribution < 1.29 is 17.9 Å². The van der Waals surface area contributed by atoms with Gasteiger partial charge >= 0.3 is 5.97 Å². The van der Waals surface area contributed by atoms with Gasteiger partial charge in [0.2, 0.25) is 10.0 Å². The van der Waals surface area contributed by atoms with E-state index in [1.54, 1.807) is 6.07 Å². The Balaban J connectivity index is 1.82. The second kappa shape index (κ2) is 7.82. The number of hydrogen-bond donors (Lipinski definition) is 1. The molecule has 9 heteroatoms. The van der Waals surface area contributed by atoms with Crippen LogP contribution in [0.25, 0.3) is 10.9 Å². The molecule has 0 radical (unpaired) electrons. The molecule has 140 valence electrons. The largest absolute Gasteiger partial charge is 0.457 e. The lowest BCUT2D eigenvalue weighted by Crippen LogP contribution is -2.19. The van der Waals surface area contributed by atoms with Crippen molar-refractivity contribution >= 4 is 50.1 Å². The van der Waals surface area contributed by atoms with E-state index in [1.165, 1.54) is 19.2 Å². The summed E-state index contributed by atoms with van der Waals surface area (Å²) in [5.41, 5.74) is 1.33. The fourth-order valence-electron chi connectivity index (χ4n) is 2.41. The summed E-state index contributed by atoms with van der Waals surface area (Å²) in [5.74, 6) is -0.705. The molecule has 0 saturated carbocycles. The van der Waals surface area contributed by atoms with Crippen LogP contribution in [0.2, 0.25) is 10.2 Å². The molecule has 1 heterocycles. The molecule has 3 aromatic rings. The van der Waals surface area contributed by atoms with E-state index in [4.69, 9.17) is 27.9 Å². The van der Waals surface area contributed by atoms with Crippen molar-refractivity contribution in [2.24, 2.45) is 0 Å². The minimum atomic E-state index is -3.80. The van der Waals surface area contributed by atoms with Crippen LogP contribution in [0.5, 0.6) is 0 Å². The molecule has 1 aromatic heterocycles. The third-order valence-electron chi connectivity index (χ3n) is 3.83. The number of benzene rings is 2. The molecule has 0 atom stereocenters. The van der Waals surface area contributed by atoms with Crippen molar-refractivity contribution in [3.05, 3.63) is 69.8 Å². The van der Waals surface area contributed by atoms with Gasteiger partial charge < -0.3 is 4.74 Å². The summed E-state index contributed by atoms with van der Waals surface area (Å²) in [6.45, 7) is -0.105. The summed E-state index contributed by atoms with van der Waals surface area (Å²) in [5, 5.41) is 1.10. The average molecular weight is 425 g/mol. The van der Waals surface area contributed by atoms with Gasteiger partial charge in [-0.1, -0.05) is 41.4 Å². The lowest BCUT2D eigenvalue weighted by Gasteiger charge is -2.10. The smallest absolute Gasteiger partial charge is 0.338 e. The number of carbonyl (C=O) groups excluding carboxylic acids is 1. The van der Waals surface area contributed by atoms with Crippen LogP contribution < -0.4 is 4.72 Å². The van der Waals surface area contributed by atoms with Crippen molar-refractivity contribution in [3.63, 3.8) is 0 Å². The number of nitrogens with zero attached hydrogens (tertiary/aromatic N) is 1. The maximum Gasteiger partial charge on any atom is 0.338 e. The Morgan fingerprint density at radius 2 is 1.89 bits per heavy atom. The molecule has 3 rings (SSSR count). The molecule has 0 aliphatic carbocycles. The topological polar surface area (TPSA) is 85.4 Å². The Kier molecular flexibility index (Phi) is 5.67. The van der Waals surface area contributed by atoms with E-state index in [0.29, 0.717) is 5.56 Å². The Bertz CT molecular complexity index is 1130. The monoisotopic (exact) mass is 424 g/mol. The van der Waals surface area contributed by atoms with E-state index in [0.717, 1.165) is 17.0 Å². The Morgan fingerprint density at radius 3 is 2.63 bits per heavy atom. The number of sulfonamides is 1. The quantitative estimate of drug-likeness (QED) is 0.497. The zero-order valence-electron chi connectivity index (χ0n) is 14.1. The van der Waals surface area contributed by atoms with Crippen LogP contribution in [0, 0.1) is 0 Å². The highest BCUT2D eigenvalue weighted by atomic mass is 35.5. The van der Waals surface area contributed by atoms with Gasteiger partial charge in [0.15, 0.2) is 0 Å². The highest BCUT2D eigenvalue weighted by Gasteiger charge is 2.19. The minimum absolute atomic E-state index is 0.00248. The van der Waals surface area contributed by atoms with Crippen LogP contribution in [0.15, 0.2) is 53.4 Å². The lowest BCUT2D eigenvalue weighted by atomic mass is 10.1. The van der Waals surface area contributed by atoms with Crippen LogP contribution in [0.4, 0.5) is 0 Å². The summed E-state index contributed by atoms with van der Waals surface area (Å²) in [6, 6.07) is 13.1. The number of pyridine rings is 1. The number of fused-ring (bicyclic) bond motifs is 1. The molecule has 0 saturated heterocycles. The number of esters is 1. The molecule has 27 heavy (non-hydrogen) atoms. The van der Waals surface area contributed by atoms with Gasteiger partial charge in [0, 0.05) is 10.9 Å². The van der Waals surface area contributed by atoms with Gasteiger partial charge in [-0.2, -0.15) is 0 Å². The van der Waals surface area contributed by atoms with Crippen molar-refractivity contribution in [1.29, 1.82) is 0 Å². The summed E-state index contributed by atoms with van der Waals surface area (Å²) in [4.78, 5) is 16.4. The zero-order valence-corrected chi connectivity index (χ0v) is 16.4. The van der Waals surface area contributed by atoms with Crippen molar-refractivity contribution in [1.82, 2.24) is 9.71 Å². The first-order chi connectivity index (χ1) is 12.8. The summed E-state index contributed by atoms with van der Waals surface area (Å²) < 4.78 is 31.4. The lowest BCUT2D eigenvalue weighted by molar-refractivity contribution is 0.0472. The first-order valence-electron chi connectivity index (χ1n) is 7.76. The summed E-state index contributed by atoms with van der Waals surface area (Å²) in [7, 11) is -2.55. The number of aromatic nitrogens is 1. The molecule has 0 amide bonds. The number of hydrogen-bond acceptors (Lipinski definition) is 5. The molecule has 0 fully saturated rings. The molecule has 2 aromatic carbocycles. The molecule has 0 spiro atoms. The normalized spacial score (nSPS) is 11.5. The van der Waals surface area contributed by atoms with Gasteiger partial charge in [-0.05, 0) is 37.4 Å². The third kappa shape index (κ3) is 4.22. The van der Waals surface area contributed by atoms with Gasteiger partial charge in [0.1, 0.15) is 16.7 Å². The van der Waals surface area contributed by atoms with E-state index in [-0.39, 0.29) is 27.2 Å². The zero-order chi connectivity index (χ0) is 19.6. The first-order valence-corrected chi connectivity index (χ1v) is 10.00. The van der Waals surface area contributed by atoms with Gasteiger partial charge in [0.05, 0.1) is 16.1 Å². The number of para-hydroxylation sites is 1. The van der Waals surface area contributed by atoms with Crippen molar-refractivity contribution in [2.45, 2.75) is 11.5 Å². The molecular formula is C18H14Cl2N2O4S. The second-order valence-corrected chi connectivity index (χ2v) is 8.18. The molecule has 0 unspecified atom stereocenters. The fourth-order valence-corrected chi connectivity index (χ4v) is 3.86. The SMILES string of the molecule is CNS(=O)(=O)c1cc(C(=O)OCc2cc3ccccc3nc2Cl)ccc1Cl. The van der Waals surface area contributed by atoms with E-state index in [9.17, 15) is 13.2 Å². The minimum Gasteiger partial charge on any atom is -0.457 e. The van der Waals surface area contributed by atoms with E-state index >= 15 is 0 Å². The van der Waals surface area contributed by atoms with Gasteiger partial charge in [0.25, 0.3) is 0 Å². The molecule has 0 bridgehead atoms. The predicted octanol–water partition coefficient (Wildman–Crippen LogP) is 3.81. The van der Waals surface area contributed by atoms with Crippen LogP contribution in [-0.4, -0.2) is 26.4 Å². The Labute approximate surface area is 166 Å². The molecule has 0 aliphatic rings. The Hall–Kier alpha value is -2.19. The van der Waals surface area contributed by atoms with Gasteiger partial charge in [-0.3, -0.25) is 0 Å². The molecular weight excluding hydrogens is 411 g/mol. The predicted molar refractivity (Wildman–Crippen MR) is 104 cm³/mol. The van der Waals surface area contributed by atoms with Crippen LogP contribution >= 0.6 is 23.2 Å². The molecule has 1 N–H and O–H groups in total. The van der Waals surface area contributed by atoms with Crippen LogP contribution in [-0.2, 0) is 21.4 Å². The highest BCUT2D eigenvalue weighted by molar-refractivity contribution is 7.89. The number of ether oxygens (including phenoxy) is 1. The number of halogens is 2. The van der Waals surface area contributed by atoms with E-state index < -0.39 is 16.0 Å². The first kappa shape index (κ1) is 19.6. The molecule has 0 aliphatic heterocycles. The average Bonchev–Trinajstić information content (AvgIpc) is 2.66. The van der Waals surface area contributed by atoms with Crippen LogP contribution in [0.3, 0.4) is 0 Å². The summed E-state index contributed by atoms with van der Waals surface area (Å²) in [6.07, 6.45) is 0. The van der Waals surface area contributed by atoms with E-state index in [1.807, 2.05) is 24.3 Å². The van der Waals surface area contributed by atoms with Gasteiger partial charge in [-0.25, -0.2) is 22.9 Å². The van der Waals surface area contributed by atoms with Crippen molar-refractivity contribution in [2.75, 3.05) is 7.05 Å². The van der Waals surface area contributed by atoms with Crippen molar-refractivity contribution in [3.8, 4) is 0 Å². The maximum atomic E-state index is 12.3. The number of nitrogens with one attached hydrogen (secondary N) is 1. The second-order valence-electron chi connectivity index (χ2n) is 5.56. The standard InChI is InChI=1S/C18H14Cl2N2O4S/c1-21-27(24,25)16-9-12(6-7-14(16)19)18(23)26-10-13-8-11-4-2-3-5-15(11)22-17(13)20/h2-9,21H,10H2,1H3. The summed E-state index contributed by atoms with van der Waals surface area (Å²) >= 11 is 12.1. The third-order valence-corrected chi connectivity index (χ3v) is 6.06. The maximum absolute atomic E-state index is 12.3. The van der Waals surface area contributed by atoms with Crippen LogP contribution in [0.1, 0.15) is 15.9 Å².